The monoisotopic (exact) mass is 445 g/mol. The molecule has 0 atom stereocenters. The Balaban J connectivity index is 1.62. The summed E-state index contributed by atoms with van der Waals surface area (Å²) < 4.78 is 4.69. The number of thiazole rings is 1. The number of nitrogens with zero attached hydrogens (tertiary/aromatic N) is 7. The Bertz CT molecular complexity index is 1190. The number of rotatable bonds is 6. The van der Waals surface area contributed by atoms with E-state index >= 15 is 0 Å². The summed E-state index contributed by atoms with van der Waals surface area (Å²) >= 11 is 1.69. The molecule has 4 rings (SSSR count). The zero-order valence-electron chi connectivity index (χ0n) is 19.0. The fraction of sp³-hybridized carbons (Fsp3) is 0.619. The average molecular weight is 446 g/mol. The maximum atomic E-state index is 12.9. The Morgan fingerprint density at radius 1 is 1.06 bits per heavy atom. The molecule has 0 N–H and O–H groups in total. The van der Waals surface area contributed by atoms with E-state index in [0.29, 0.717) is 23.6 Å². The summed E-state index contributed by atoms with van der Waals surface area (Å²) in [7, 11) is 3.21. The summed E-state index contributed by atoms with van der Waals surface area (Å²) in [6, 6.07) is 0. The highest BCUT2D eigenvalue weighted by atomic mass is 32.1. The van der Waals surface area contributed by atoms with Gasteiger partial charge in [0.25, 0.3) is 5.56 Å². The van der Waals surface area contributed by atoms with Crippen LogP contribution in [-0.2, 0) is 27.2 Å². The maximum absolute atomic E-state index is 12.9. The van der Waals surface area contributed by atoms with Gasteiger partial charge in [0.1, 0.15) is 5.82 Å². The van der Waals surface area contributed by atoms with Crippen molar-refractivity contribution in [3.8, 4) is 0 Å². The first-order valence-electron chi connectivity index (χ1n) is 10.8. The number of imidazole rings is 1. The molecule has 3 aromatic rings. The summed E-state index contributed by atoms with van der Waals surface area (Å²) in [5, 5.41) is 3.17. The van der Waals surface area contributed by atoms with E-state index in [0.717, 1.165) is 55.8 Å². The zero-order valence-corrected chi connectivity index (χ0v) is 19.8. The zero-order chi connectivity index (χ0) is 22.3. The van der Waals surface area contributed by atoms with E-state index in [1.165, 1.54) is 16.2 Å². The van der Waals surface area contributed by atoms with Crippen LogP contribution in [0.5, 0.6) is 0 Å². The molecule has 0 unspecified atom stereocenters. The molecule has 9 nitrogen and oxygen atoms in total. The fourth-order valence-electron chi connectivity index (χ4n) is 4.02. The van der Waals surface area contributed by atoms with Crippen molar-refractivity contribution < 1.29 is 0 Å². The van der Waals surface area contributed by atoms with Crippen molar-refractivity contribution >= 4 is 27.6 Å². The minimum absolute atomic E-state index is 0.274. The maximum Gasteiger partial charge on any atom is 0.332 e. The predicted octanol–water partition coefficient (Wildman–Crippen LogP) is 1.57. The van der Waals surface area contributed by atoms with Gasteiger partial charge in [0.2, 0.25) is 0 Å². The SMILES string of the molecule is Cc1csc(N2CCN(Cc3nc4c(c(=O)n(C)c(=O)n4C)n3CCC(C)C)CC2)n1. The fourth-order valence-corrected chi connectivity index (χ4v) is 4.88. The Morgan fingerprint density at radius 2 is 1.77 bits per heavy atom. The smallest absolute Gasteiger partial charge is 0.332 e. The molecule has 1 aliphatic heterocycles. The molecule has 0 saturated carbocycles. The minimum atomic E-state index is -0.343. The van der Waals surface area contributed by atoms with E-state index in [-0.39, 0.29) is 11.2 Å². The van der Waals surface area contributed by atoms with Crippen LogP contribution in [0.3, 0.4) is 0 Å². The summed E-state index contributed by atoms with van der Waals surface area (Å²) in [6.07, 6.45) is 0.946. The second kappa shape index (κ2) is 8.58. The third kappa shape index (κ3) is 4.18. The van der Waals surface area contributed by atoms with E-state index in [1.807, 2.05) is 11.5 Å². The molecule has 168 valence electrons. The van der Waals surface area contributed by atoms with Crippen LogP contribution >= 0.6 is 11.3 Å². The van der Waals surface area contributed by atoms with Gasteiger partial charge in [-0.1, -0.05) is 13.8 Å². The topological polar surface area (TPSA) is 81.2 Å². The average Bonchev–Trinajstić information content (AvgIpc) is 3.33. The highest BCUT2D eigenvalue weighted by Crippen LogP contribution is 2.22. The Kier molecular flexibility index (Phi) is 6.02. The van der Waals surface area contributed by atoms with Crippen molar-refractivity contribution in [2.75, 3.05) is 31.1 Å². The van der Waals surface area contributed by atoms with Crippen LogP contribution in [0.1, 0.15) is 31.8 Å². The summed E-state index contributed by atoms with van der Waals surface area (Å²) in [5.74, 6) is 1.36. The molecule has 4 heterocycles. The molecule has 1 saturated heterocycles. The molecule has 1 fully saturated rings. The largest absolute Gasteiger partial charge is 0.346 e. The number of anilines is 1. The molecule has 0 aromatic carbocycles. The number of hydrogen-bond acceptors (Lipinski definition) is 7. The molecular formula is C21H31N7O2S. The molecule has 0 amide bonds. The van der Waals surface area contributed by atoms with Crippen molar-refractivity contribution in [1.82, 2.24) is 28.6 Å². The number of fused-ring (bicyclic) bond motifs is 1. The third-order valence-corrected chi connectivity index (χ3v) is 6.99. The lowest BCUT2D eigenvalue weighted by Crippen LogP contribution is -2.46. The molecule has 0 spiro atoms. The van der Waals surface area contributed by atoms with Gasteiger partial charge < -0.3 is 9.47 Å². The first kappa shape index (κ1) is 21.8. The molecule has 0 radical (unpaired) electrons. The molecule has 10 heteroatoms. The molecule has 0 bridgehead atoms. The summed E-state index contributed by atoms with van der Waals surface area (Å²) in [6.45, 7) is 11.4. The lowest BCUT2D eigenvalue weighted by molar-refractivity contribution is 0.240. The van der Waals surface area contributed by atoms with E-state index in [2.05, 4.69) is 34.0 Å². The number of aromatic nitrogens is 5. The van der Waals surface area contributed by atoms with Gasteiger partial charge in [0, 0.05) is 52.2 Å². The van der Waals surface area contributed by atoms with E-state index in [4.69, 9.17) is 4.98 Å². The normalized spacial score (nSPS) is 15.5. The number of hydrogen-bond donors (Lipinski definition) is 0. The molecule has 31 heavy (non-hydrogen) atoms. The van der Waals surface area contributed by atoms with E-state index in [9.17, 15) is 9.59 Å². The van der Waals surface area contributed by atoms with Crippen LogP contribution < -0.4 is 16.1 Å². The van der Waals surface area contributed by atoms with Gasteiger partial charge in [-0.05, 0) is 19.3 Å². The molecule has 3 aromatic heterocycles. The van der Waals surface area contributed by atoms with Gasteiger partial charge in [-0.25, -0.2) is 14.8 Å². The van der Waals surface area contributed by atoms with Crippen molar-refractivity contribution in [3.05, 3.63) is 37.7 Å². The highest BCUT2D eigenvalue weighted by Gasteiger charge is 2.24. The Hall–Kier alpha value is -2.46. The van der Waals surface area contributed by atoms with Crippen molar-refractivity contribution in [2.24, 2.45) is 20.0 Å². The van der Waals surface area contributed by atoms with E-state index in [1.54, 1.807) is 18.4 Å². The summed E-state index contributed by atoms with van der Waals surface area (Å²) in [4.78, 5) is 39.4. The van der Waals surface area contributed by atoms with Crippen LogP contribution in [-0.4, -0.2) is 54.7 Å². The lowest BCUT2D eigenvalue weighted by Gasteiger charge is -2.34. The van der Waals surface area contributed by atoms with Crippen LogP contribution in [0.25, 0.3) is 11.2 Å². The molecule has 1 aliphatic rings. The van der Waals surface area contributed by atoms with Crippen LogP contribution in [0.15, 0.2) is 15.0 Å². The summed E-state index contributed by atoms with van der Waals surface area (Å²) in [5.41, 5.74) is 1.45. The predicted molar refractivity (Wildman–Crippen MR) is 124 cm³/mol. The van der Waals surface area contributed by atoms with Crippen LogP contribution in [0, 0.1) is 12.8 Å². The lowest BCUT2D eigenvalue weighted by atomic mass is 10.1. The Labute approximate surface area is 185 Å². The van der Waals surface area contributed by atoms with Crippen molar-refractivity contribution in [1.29, 1.82) is 0 Å². The first-order chi connectivity index (χ1) is 14.8. The number of piperazine rings is 1. The van der Waals surface area contributed by atoms with Gasteiger partial charge >= 0.3 is 5.69 Å². The van der Waals surface area contributed by atoms with Crippen molar-refractivity contribution in [2.45, 2.75) is 40.3 Å². The standard InChI is InChI=1S/C21H31N7O2S/c1-14(2)6-7-28-16(23-18-17(28)19(29)25(5)21(30)24(18)4)12-26-8-10-27(11-9-26)20-22-15(3)13-31-20/h13-14H,6-12H2,1-5H3. The van der Waals surface area contributed by atoms with Crippen LogP contribution in [0.2, 0.25) is 0 Å². The Morgan fingerprint density at radius 3 is 2.39 bits per heavy atom. The van der Waals surface area contributed by atoms with E-state index < -0.39 is 0 Å². The van der Waals surface area contributed by atoms with Crippen molar-refractivity contribution in [3.63, 3.8) is 0 Å². The number of aryl methyl sites for hydroxylation is 3. The third-order valence-electron chi connectivity index (χ3n) is 5.97. The molecular weight excluding hydrogens is 414 g/mol. The van der Waals surface area contributed by atoms with Gasteiger partial charge in [-0.2, -0.15) is 0 Å². The highest BCUT2D eigenvalue weighted by molar-refractivity contribution is 7.13. The second-order valence-electron chi connectivity index (χ2n) is 8.77. The van der Waals surface area contributed by atoms with Gasteiger partial charge in [0.15, 0.2) is 16.3 Å². The van der Waals surface area contributed by atoms with Crippen LogP contribution in [0.4, 0.5) is 5.13 Å². The van der Waals surface area contributed by atoms with Gasteiger partial charge in [0.05, 0.1) is 12.2 Å². The van der Waals surface area contributed by atoms with Gasteiger partial charge in [-0.3, -0.25) is 18.8 Å². The minimum Gasteiger partial charge on any atom is -0.346 e. The second-order valence-corrected chi connectivity index (χ2v) is 9.61. The van der Waals surface area contributed by atoms with Gasteiger partial charge in [-0.15, -0.1) is 11.3 Å². The first-order valence-corrected chi connectivity index (χ1v) is 11.7. The quantitative estimate of drug-likeness (QED) is 0.573. The molecule has 0 aliphatic carbocycles.